The number of anilines is 1. The van der Waals surface area contributed by atoms with Crippen LogP contribution in [0.3, 0.4) is 0 Å². The number of hydrogen-bond donors (Lipinski definition) is 1. The Labute approximate surface area is 136 Å². The van der Waals surface area contributed by atoms with Crippen molar-refractivity contribution in [3.05, 3.63) is 69.5 Å². The summed E-state index contributed by atoms with van der Waals surface area (Å²) in [6, 6.07) is 9.51. The van der Waals surface area contributed by atoms with Gasteiger partial charge in [0.15, 0.2) is 6.61 Å². The lowest BCUT2D eigenvalue weighted by atomic mass is 10.1. The third kappa shape index (κ3) is 3.92. The summed E-state index contributed by atoms with van der Waals surface area (Å²) in [5.74, 6) is -2.22. The molecule has 124 valence electrons. The zero-order valence-electron chi connectivity index (χ0n) is 12.6. The molecule has 1 N–H and O–H groups in total. The molecule has 1 amide bonds. The molecule has 0 aromatic heterocycles. The van der Waals surface area contributed by atoms with E-state index in [0.717, 1.165) is 0 Å². The molecule has 0 saturated carbocycles. The molecule has 2 aromatic rings. The number of carbonyl (C=O) groups is 2. The highest BCUT2D eigenvalue weighted by Crippen LogP contribution is 2.21. The molecule has 0 saturated heterocycles. The molecule has 0 heterocycles. The summed E-state index contributed by atoms with van der Waals surface area (Å²) in [5, 5.41) is 13.1. The molecule has 0 unspecified atom stereocenters. The predicted molar refractivity (Wildman–Crippen MR) is 83.1 cm³/mol. The molecule has 0 aliphatic heterocycles. The van der Waals surface area contributed by atoms with Crippen molar-refractivity contribution in [3.8, 4) is 0 Å². The highest BCUT2D eigenvalue weighted by Gasteiger charge is 2.19. The van der Waals surface area contributed by atoms with Crippen molar-refractivity contribution in [1.29, 1.82) is 0 Å². The minimum absolute atomic E-state index is 0.0112. The number of esters is 1. The molecule has 0 spiro atoms. The van der Waals surface area contributed by atoms with Crippen LogP contribution < -0.4 is 5.32 Å². The lowest BCUT2D eigenvalue weighted by Crippen LogP contribution is -2.21. The van der Waals surface area contributed by atoms with Crippen LogP contribution in [0.4, 0.5) is 15.8 Å². The Kier molecular flexibility index (Phi) is 5.20. The Hall–Kier alpha value is -3.29. The monoisotopic (exact) mass is 332 g/mol. The van der Waals surface area contributed by atoms with Crippen LogP contribution in [0.5, 0.6) is 0 Å². The standard InChI is InChI=1S/C16H13FN2O5/c1-10-11(5-4-8-14(10)19(22)23)16(21)24-9-15(20)18-13-7-3-2-6-12(13)17/h2-8H,9H2,1H3,(H,18,20). The fourth-order valence-corrected chi connectivity index (χ4v) is 2.00. The van der Waals surface area contributed by atoms with E-state index in [1.807, 2.05) is 0 Å². The predicted octanol–water partition coefficient (Wildman–Crippen LogP) is 2.84. The van der Waals surface area contributed by atoms with Gasteiger partial charge in [0.05, 0.1) is 16.2 Å². The van der Waals surface area contributed by atoms with Crippen molar-refractivity contribution in [2.24, 2.45) is 0 Å². The lowest BCUT2D eigenvalue weighted by molar-refractivity contribution is -0.385. The van der Waals surface area contributed by atoms with Crippen LogP contribution in [0, 0.1) is 22.9 Å². The molecule has 0 atom stereocenters. The second kappa shape index (κ2) is 7.32. The summed E-state index contributed by atoms with van der Waals surface area (Å²) in [6.45, 7) is 0.767. The molecular weight excluding hydrogens is 319 g/mol. The van der Waals surface area contributed by atoms with Gasteiger partial charge in [0.2, 0.25) is 0 Å². The van der Waals surface area contributed by atoms with Crippen molar-refractivity contribution in [2.45, 2.75) is 6.92 Å². The molecule has 0 aliphatic carbocycles. The van der Waals surface area contributed by atoms with Crippen molar-refractivity contribution in [2.75, 3.05) is 11.9 Å². The third-order valence-corrected chi connectivity index (χ3v) is 3.20. The maximum Gasteiger partial charge on any atom is 0.339 e. The first-order chi connectivity index (χ1) is 11.4. The normalized spacial score (nSPS) is 10.1. The van der Waals surface area contributed by atoms with E-state index in [9.17, 15) is 24.1 Å². The zero-order chi connectivity index (χ0) is 17.7. The number of para-hydroxylation sites is 1. The minimum Gasteiger partial charge on any atom is -0.452 e. The Morgan fingerprint density at radius 2 is 1.92 bits per heavy atom. The quantitative estimate of drug-likeness (QED) is 0.516. The SMILES string of the molecule is Cc1c(C(=O)OCC(=O)Nc2ccccc2F)cccc1[N+](=O)[O-]. The summed E-state index contributed by atoms with van der Waals surface area (Å²) in [5.41, 5.74) is -0.129. The number of rotatable bonds is 5. The molecule has 7 nitrogen and oxygen atoms in total. The van der Waals surface area contributed by atoms with E-state index in [-0.39, 0.29) is 22.5 Å². The van der Waals surface area contributed by atoms with Crippen LogP contribution in [0.2, 0.25) is 0 Å². The number of ether oxygens (including phenoxy) is 1. The number of nitrogens with one attached hydrogen (secondary N) is 1. The molecule has 0 aliphatic rings. The highest BCUT2D eigenvalue weighted by atomic mass is 19.1. The molecule has 0 fully saturated rings. The van der Waals surface area contributed by atoms with Gasteiger partial charge >= 0.3 is 5.97 Å². The van der Waals surface area contributed by atoms with Crippen LogP contribution in [0.25, 0.3) is 0 Å². The van der Waals surface area contributed by atoms with Gasteiger partial charge in [-0.2, -0.15) is 0 Å². The number of benzene rings is 2. The fourth-order valence-electron chi connectivity index (χ4n) is 2.00. The van der Waals surface area contributed by atoms with Crippen molar-refractivity contribution >= 4 is 23.3 Å². The Balaban J connectivity index is 2.01. The molecule has 2 rings (SSSR count). The fraction of sp³-hybridized carbons (Fsp3) is 0.125. The van der Waals surface area contributed by atoms with Crippen molar-refractivity contribution < 1.29 is 23.6 Å². The van der Waals surface area contributed by atoms with Gasteiger partial charge in [-0.1, -0.05) is 18.2 Å². The van der Waals surface area contributed by atoms with E-state index in [4.69, 9.17) is 4.74 Å². The Morgan fingerprint density at radius 1 is 1.21 bits per heavy atom. The molecule has 8 heteroatoms. The van der Waals surface area contributed by atoms with Crippen molar-refractivity contribution in [1.82, 2.24) is 0 Å². The van der Waals surface area contributed by atoms with Gasteiger partial charge in [0.1, 0.15) is 5.82 Å². The summed E-state index contributed by atoms with van der Waals surface area (Å²) in [7, 11) is 0. The van der Waals surface area contributed by atoms with E-state index in [1.54, 1.807) is 0 Å². The van der Waals surface area contributed by atoms with Gasteiger partial charge < -0.3 is 10.1 Å². The second-order valence-electron chi connectivity index (χ2n) is 4.81. The lowest BCUT2D eigenvalue weighted by Gasteiger charge is -2.08. The number of hydrogen-bond acceptors (Lipinski definition) is 5. The summed E-state index contributed by atoms with van der Waals surface area (Å²) < 4.78 is 18.2. The smallest absolute Gasteiger partial charge is 0.339 e. The maximum absolute atomic E-state index is 13.4. The first kappa shape index (κ1) is 17.1. The van der Waals surface area contributed by atoms with Crippen LogP contribution in [-0.2, 0) is 9.53 Å². The third-order valence-electron chi connectivity index (χ3n) is 3.20. The largest absolute Gasteiger partial charge is 0.452 e. The van der Waals surface area contributed by atoms with Gasteiger partial charge in [-0.3, -0.25) is 14.9 Å². The summed E-state index contributed by atoms with van der Waals surface area (Å²) in [6.07, 6.45) is 0. The number of halogens is 1. The molecule has 0 bridgehead atoms. The second-order valence-corrected chi connectivity index (χ2v) is 4.81. The summed E-state index contributed by atoms with van der Waals surface area (Å²) >= 11 is 0. The maximum atomic E-state index is 13.4. The first-order valence-corrected chi connectivity index (χ1v) is 6.85. The van der Waals surface area contributed by atoms with Gasteiger partial charge in [-0.05, 0) is 25.1 Å². The number of amides is 1. The van der Waals surface area contributed by atoms with E-state index >= 15 is 0 Å². The number of nitro groups is 1. The molecule has 2 aromatic carbocycles. The van der Waals surface area contributed by atoms with E-state index < -0.39 is 29.2 Å². The summed E-state index contributed by atoms with van der Waals surface area (Å²) in [4.78, 5) is 33.9. The van der Waals surface area contributed by atoms with Crippen LogP contribution in [-0.4, -0.2) is 23.4 Å². The molecular formula is C16H13FN2O5. The van der Waals surface area contributed by atoms with Crippen LogP contribution in [0.1, 0.15) is 15.9 Å². The van der Waals surface area contributed by atoms with Gasteiger partial charge in [0.25, 0.3) is 11.6 Å². The van der Waals surface area contributed by atoms with Crippen molar-refractivity contribution in [3.63, 3.8) is 0 Å². The van der Waals surface area contributed by atoms with Gasteiger partial charge in [0, 0.05) is 11.6 Å². The molecule has 0 radical (unpaired) electrons. The number of nitro benzene ring substituents is 1. The highest BCUT2D eigenvalue weighted by molar-refractivity contribution is 5.96. The number of nitrogens with zero attached hydrogens (tertiary/aromatic N) is 1. The van der Waals surface area contributed by atoms with Gasteiger partial charge in [-0.25, -0.2) is 9.18 Å². The van der Waals surface area contributed by atoms with Crippen LogP contribution >= 0.6 is 0 Å². The number of carbonyl (C=O) groups excluding carboxylic acids is 2. The van der Waals surface area contributed by atoms with E-state index in [1.165, 1.54) is 49.4 Å². The van der Waals surface area contributed by atoms with Gasteiger partial charge in [-0.15, -0.1) is 0 Å². The first-order valence-electron chi connectivity index (χ1n) is 6.85. The van der Waals surface area contributed by atoms with Crippen LogP contribution in [0.15, 0.2) is 42.5 Å². The van der Waals surface area contributed by atoms with E-state index in [2.05, 4.69) is 5.32 Å². The topological polar surface area (TPSA) is 98.5 Å². The zero-order valence-corrected chi connectivity index (χ0v) is 12.6. The minimum atomic E-state index is -0.875. The average molecular weight is 332 g/mol. The molecule has 24 heavy (non-hydrogen) atoms. The van der Waals surface area contributed by atoms with E-state index in [0.29, 0.717) is 0 Å². The average Bonchev–Trinajstić information content (AvgIpc) is 2.54. The Bertz CT molecular complexity index is 807. The Morgan fingerprint density at radius 3 is 2.58 bits per heavy atom.